The second-order valence-electron chi connectivity index (χ2n) is 8.35. The first-order valence-corrected chi connectivity index (χ1v) is 12.4. The molecule has 2 amide bonds. The van der Waals surface area contributed by atoms with Crippen molar-refractivity contribution in [2.75, 3.05) is 16.8 Å². The van der Waals surface area contributed by atoms with Crippen LogP contribution in [0.25, 0.3) is 10.2 Å². The van der Waals surface area contributed by atoms with Crippen LogP contribution in [-0.4, -0.2) is 27.9 Å². The molecule has 2 aromatic heterocycles. The summed E-state index contributed by atoms with van der Waals surface area (Å²) in [5, 5.41) is 3.49. The van der Waals surface area contributed by atoms with Crippen molar-refractivity contribution in [3.63, 3.8) is 0 Å². The van der Waals surface area contributed by atoms with Gasteiger partial charge in [-0.05, 0) is 56.2 Å². The first-order valence-electron chi connectivity index (χ1n) is 11.6. The van der Waals surface area contributed by atoms with Crippen molar-refractivity contribution in [2.24, 2.45) is 0 Å². The number of nitrogens with zero attached hydrogens (tertiary/aromatic N) is 3. The number of aromatic nitrogens is 2. The van der Waals surface area contributed by atoms with Crippen LogP contribution in [-0.2, 0) is 22.6 Å². The Balaban J connectivity index is 1.34. The van der Waals surface area contributed by atoms with Gasteiger partial charge in [0.25, 0.3) is 5.56 Å². The Morgan fingerprint density at radius 3 is 2.46 bits per heavy atom. The van der Waals surface area contributed by atoms with Gasteiger partial charge >= 0.3 is 0 Å². The quantitative estimate of drug-likeness (QED) is 0.390. The Bertz CT molecular complexity index is 1410. The summed E-state index contributed by atoms with van der Waals surface area (Å²) in [6.07, 6.45) is 1.93. The molecule has 8 heteroatoms. The molecule has 0 atom stereocenters. The van der Waals surface area contributed by atoms with Gasteiger partial charge in [0.1, 0.15) is 4.83 Å². The van der Waals surface area contributed by atoms with Gasteiger partial charge in [-0.25, -0.2) is 4.98 Å². The van der Waals surface area contributed by atoms with Gasteiger partial charge in [-0.2, -0.15) is 0 Å². The number of fused-ring (bicyclic) bond motifs is 1. The maximum Gasteiger partial charge on any atom is 0.262 e. The Hall–Kier alpha value is -3.78. The number of benzene rings is 2. The van der Waals surface area contributed by atoms with Crippen LogP contribution in [0.15, 0.2) is 65.7 Å². The monoisotopic (exact) mass is 488 g/mol. The normalized spacial score (nSPS) is 10.9. The Morgan fingerprint density at radius 1 is 1.06 bits per heavy atom. The van der Waals surface area contributed by atoms with Gasteiger partial charge in [-0.15, -0.1) is 11.3 Å². The zero-order valence-corrected chi connectivity index (χ0v) is 20.9. The number of likely N-dealkylation sites (N-methyl/N-ethyl adjacent to an activating group) is 1. The van der Waals surface area contributed by atoms with Crippen molar-refractivity contribution < 1.29 is 9.59 Å². The number of carbonyl (C=O) groups excluding carboxylic acids is 2. The van der Waals surface area contributed by atoms with Crippen LogP contribution in [0.1, 0.15) is 29.3 Å². The van der Waals surface area contributed by atoms with E-state index in [-0.39, 0.29) is 36.8 Å². The van der Waals surface area contributed by atoms with E-state index in [1.807, 2.05) is 63.2 Å². The number of para-hydroxylation sites is 1. The minimum atomic E-state index is -0.194. The van der Waals surface area contributed by atoms with Crippen molar-refractivity contribution in [3.8, 4) is 0 Å². The summed E-state index contributed by atoms with van der Waals surface area (Å²) < 4.78 is 1.49. The van der Waals surface area contributed by atoms with E-state index in [9.17, 15) is 14.4 Å². The van der Waals surface area contributed by atoms with Crippen LogP contribution >= 0.6 is 11.3 Å². The smallest absolute Gasteiger partial charge is 0.262 e. The summed E-state index contributed by atoms with van der Waals surface area (Å²) in [5.41, 5.74) is 3.23. The molecule has 0 spiro atoms. The number of aryl methyl sites for hydroxylation is 3. The molecule has 0 radical (unpaired) electrons. The van der Waals surface area contributed by atoms with Crippen LogP contribution in [0, 0.1) is 13.8 Å². The molecule has 0 aliphatic rings. The number of carbonyl (C=O) groups is 2. The highest BCUT2D eigenvalue weighted by Gasteiger charge is 2.15. The predicted molar refractivity (Wildman–Crippen MR) is 141 cm³/mol. The van der Waals surface area contributed by atoms with Crippen molar-refractivity contribution in [2.45, 2.75) is 40.2 Å². The first kappa shape index (κ1) is 24.3. The van der Waals surface area contributed by atoms with E-state index in [4.69, 9.17) is 0 Å². The van der Waals surface area contributed by atoms with Crippen LogP contribution in [0.5, 0.6) is 0 Å². The summed E-state index contributed by atoms with van der Waals surface area (Å²) in [6, 6.07) is 16.9. The van der Waals surface area contributed by atoms with Crippen LogP contribution < -0.4 is 15.8 Å². The molecule has 0 saturated carbocycles. The Kier molecular flexibility index (Phi) is 7.41. The largest absolute Gasteiger partial charge is 0.326 e. The van der Waals surface area contributed by atoms with E-state index in [2.05, 4.69) is 10.3 Å². The molecule has 2 aromatic carbocycles. The van der Waals surface area contributed by atoms with E-state index in [1.165, 1.54) is 22.2 Å². The third-order valence-corrected chi connectivity index (χ3v) is 7.13. The Morgan fingerprint density at radius 2 is 1.77 bits per heavy atom. The molecule has 4 aromatic rings. The van der Waals surface area contributed by atoms with Crippen LogP contribution in [0.3, 0.4) is 0 Å². The average Bonchev–Trinajstić information content (AvgIpc) is 3.15. The number of rotatable bonds is 8. The highest BCUT2D eigenvalue weighted by molar-refractivity contribution is 7.18. The molecule has 7 nitrogen and oxygen atoms in total. The van der Waals surface area contributed by atoms with E-state index in [0.717, 1.165) is 26.5 Å². The second kappa shape index (κ2) is 10.7. The van der Waals surface area contributed by atoms with Gasteiger partial charge in [0.2, 0.25) is 11.8 Å². The fourth-order valence-corrected chi connectivity index (χ4v) is 4.95. The molecule has 0 bridgehead atoms. The third kappa shape index (κ3) is 5.49. The number of anilines is 2. The predicted octanol–water partition coefficient (Wildman–Crippen LogP) is 4.70. The number of hydrogen-bond donors (Lipinski definition) is 1. The molecule has 0 aliphatic heterocycles. The number of nitrogens with one attached hydrogen (secondary N) is 1. The first-order chi connectivity index (χ1) is 16.9. The number of thiophene rings is 1. The number of amides is 2. The SMILES string of the molecule is CCN(C(=O)Cc1ccc(NC(=O)CCn2cnc3sc(C)c(C)c3c2=O)cc1)c1ccccc1. The molecule has 1 N–H and O–H groups in total. The summed E-state index contributed by atoms with van der Waals surface area (Å²) in [7, 11) is 0. The van der Waals surface area contributed by atoms with Crippen LogP contribution in [0.4, 0.5) is 11.4 Å². The molecule has 180 valence electrons. The van der Waals surface area contributed by atoms with Crippen molar-refractivity contribution >= 4 is 44.7 Å². The maximum absolute atomic E-state index is 12.8. The molecule has 35 heavy (non-hydrogen) atoms. The molecule has 0 fully saturated rings. The van der Waals surface area contributed by atoms with Crippen LogP contribution in [0.2, 0.25) is 0 Å². The molecule has 2 heterocycles. The molecular formula is C27H28N4O3S. The topological polar surface area (TPSA) is 84.3 Å². The zero-order chi connectivity index (χ0) is 24.9. The molecule has 4 rings (SSSR count). The minimum Gasteiger partial charge on any atom is -0.326 e. The lowest BCUT2D eigenvalue weighted by atomic mass is 10.1. The van der Waals surface area contributed by atoms with Gasteiger partial charge in [-0.3, -0.25) is 19.0 Å². The average molecular weight is 489 g/mol. The summed E-state index contributed by atoms with van der Waals surface area (Å²) in [4.78, 5) is 46.0. The van der Waals surface area contributed by atoms with E-state index >= 15 is 0 Å². The zero-order valence-electron chi connectivity index (χ0n) is 20.1. The van der Waals surface area contributed by atoms with Gasteiger partial charge in [0.05, 0.1) is 18.1 Å². The van der Waals surface area contributed by atoms with Gasteiger partial charge in [0.15, 0.2) is 0 Å². The van der Waals surface area contributed by atoms with Gasteiger partial charge in [-0.1, -0.05) is 30.3 Å². The van der Waals surface area contributed by atoms with E-state index < -0.39 is 0 Å². The van der Waals surface area contributed by atoms with Gasteiger partial charge in [0, 0.05) is 35.8 Å². The lowest BCUT2D eigenvalue weighted by Crippen LogP contribution is -2.31. The highest BCUT2D eigenvalue weighted by Crippen LogP contribution is 2.25. The minimum absolute atomic E-state index is 0.0163. The molecule has 0 unspecified atom stereocenters. The fourth-order valence-electron chi connectivity index (χ4n) is 3.96. The molecule has 0 saturated heterocycles. The highest BCUT2D eigenvalue weighted by atomic mass is 32.1. The lowest BCUT2D eigenvalue weighted by Gasteiger charge is -2.21. The van der Waals surface area contributed by atoms with Crippen molar-refractivity contribution in [3.05, 3.63) is 87.3 Å². The van der Waals surface area contributed by atoms with E-state index in [1.54, 1.807) is 17.0 Å². The second-order valence-corrected chi connectivity index (χ2v) is 9.56. The molecular weight excluding hydrogens is 460 g/mol. The number of hydrogen-bond acceptors (Lipinski definition) is 5. The summed E-state index contributed by atoms with van der Waals surface area (Å²) >= 11 is 1.51. The molecule has 0 aliphatic carbocycles. The standard InChI is InChI=1S/C27H28N4O3S/c1-4-31(22-8-6-5-7-9-22)24(33)16-20-10-12-21(13-11-20)29-23(32)14-15-30-17-28-26-25(27(30)34)18(2)19(3)35-26/h5-13,17H,4,14-16H2,1-3H3,(H,29,32). The maximum atomic E-state index is 12.8. The third-order valence-electron chi connectivity index (χ3n) is 6.01. The van der Waals surface area contributed by atoms with Gasteiger partial charge < -0.3 is 10.2 Å². The summed E-state index contributed by atoms with van der Waals surface area (Å²) in [5.74, 6) is -0.178. The van der Waals surface area contributed by atoms with Crippen molar-refractivity contribution in [1.82, 2.24) is 9.55 Å². The summed E-state index contributed by atoms with van der Waals surface area (Å²) in [6.45, 7) is 6.69. The van der Waals surface area contributed by atoms with Crippen molar-refractivity contribution in [1.29, 1.82) is 0 Å². The Labute approximate surface area is 208 Å². The fraction of sp³-hybridized carbons (Fsp3) is 0.259. The van der Waals surface area contributed by atoms with E-state index in [0.29, 0.717) is 17.6 Å². The lowest BCUT2D eigenvalue weighted by molar-refractivity contribution is -0.118.